The molecule has 2 rings (SSSR count). The molecule has 7 heteroatoms. The zero-order valence-corrected chi connectivity index (χ0v) is 13.4. The van der Waals surface area contributed by atoms with Gasteiger partial charge in [0.25, 0.3) is 0 Å². The van der Waals surface area contributed by atoms with Crippen molar-refractivity contribution in [2.45, 2.75) is 25.9 Å². The maximum atomic E-state index is 12.3. The highest BCUT2D eigenvalue weighted by molar-refractivity contribution is 7.89. The van der Waals surface area contributed by atoms with Crippen molar-refractivity contribution in [3.63, 3.8) is 0 Å². The third-order valence-electron chi connectivity index (χ3n) is 3.55. The van der Waals surface area contributed by atoms with E-state index in [0.29, 0.717) is 31.0 Å². The second-order valence-electron chi connectivity index (χ2n) is 5.32. The summed E-state index contributed by atoms with van der Waals surface area (Å²) < 4.78 is 36.6. The number of hydrogen-bond donors (Lipinski definition) is 1. The largest absolute Gasteiger partial charge is 0.493 e. The maximum absolute atomic E-state index is 12.3. The SMILES string of the molecule is COc1cc2c(cc1OC)CN(S(=O)(=O)CC(C)N)CC2. The Balaban J connectivity index is 2.28. The van der Waals surface area contributed by atoms with Gasteiger partial charge >= 0.3 is 0 Å². The molecule has 1 aliphatic rings. The molecule has 118 valence electrons. The molecule has 0 bridgehead atoms. The molecule has 0 saturated carbocycles. The molecule has 0 amide bonds. The lowest BCUT2D eigenvalue weighted by Gasteiger charge is -2.29. The van der Waals surface area contributed by atoms with E-state index in [1.165, 1.54) is 4.31 Å². The smallest absolute Gasteiger partial charge is 0.215 e. The van der Waals surface area contributed by atoms with Gasteiger partial charge in [-0.2, -0.15) is 4.31 Å². The van der Waals surface area contributed by atoms with E-state index in [0.717, 1.165) is 11.1 Å². The Morgan fingerprint density at radius 1 is 1.24 bits per heavy atom. The predicted molar refractivity (Wildman–Crippen MR) is 81.1 cm³/mol. The standard InChI is InChI=1S/C14H22N2O4S/c1-10(15)9-21(17,18)16-5-4-11-6-13(19-2)14(20-3)7-12(11)8-16/h6-7,10H,4-5,8-9,15H2,1-3H3. The predicted octanol–water partition coefficient (Wildman–Crippen LogP) is 0.739. The molecule has 1 aliphatic heterocycles. The molecule has 0 saturated heterocycles. The molecule has 1 unspecified atom stereocenters. The Bertz CT molecular complexity index is 614. The monoisotopic (exact) mass is 314 g/mol. The zero-order valence-electron chi connectivity index (χ0n) is 12.6. The fraction of sp³-hybridized carbons (Fsp3) is 0.571. The maximum Gasteiger partial charge on any atom is 0.215 e. The van der Waals surface area contributed by atoms with Crippen LogP contribution in [0, 0.1) is 0 Å². The van der Waals surface area contributed by atoms with E-state index < -0.39 is 10.0 Å². The number of rotatable bonds is 5. The fourth-order valence-electron chi connectivity index (χ4n) is 2.53. The van der Waals surface area contributed by atoms with Crippen LogP contribution in [0.1, 0.15) is 18.1 Å². The van der Waals surface area contributed by atoms with Crippen LogP contribution in [0.2, 0.25) is 0 Å². The Hall–Kier alpha value is -1.31. The molecule has 2 N–H and O–H groups in total. The number of fused-ring (bicyclic) bond motifs is 1. The summed E-state index contributed by atoms with van der Waals surface area (Å²) in [7, 11) is -0.167. The topological polar surface area (TPSA) is 81.9 Å². The number of hydrogen-bond acceptors (Lipinski definition) is 5. The van der Waals surface area contributed by atoms with Crippen LogP contribution in [-0.2, 0) is 23.0 Å². The average molecular weight is 314 g/mol. The molecule has 1 aromatic carbocycles. The van der Waals surface area contributed by atoms with E-state index in [4.69, 9.17) is 15.2 Å². The summed E-state index contributed by atoms with van der Waals surface area (Å²) in [6.07, 6.45) is 0.661. The Labute approximate surface area is 125 Å². The zero-order chi connectivity index (χ0) is 15.6. The van der Waals surface area contributed by atoms with Gasteiger partial charge in [-0.1, -0.05) is 0 Å². The van der Waals surface area contributed by atoms with Gasteiger partial charge in [0.1, 0.15) is 0 Å². The number of nitrogens with zero attached hydrogens (tertiary/aromatic N) is 1. The van der Waals surface area contributed by atoms with Gasteiger partial charge in [0.05, 0.1) is 20.0 Å². The van der Waals surface area contributed by atoms with Gasteiger partial charge in [-0.05, 0) is 36.6 Å². The number of methoxy groups -OCH3 is 2. The molecule has 1 heterocycles. The first-order chi connectivity index (χ1) is 9.87. The molecular formula is C14H22N2O4S. The van der Waals surface area contributed by atoms with Crippen LogP contribution in [0.15, 0.2) is 12.1 Å². The van der Waals surface area contributed by atoms with Crippen LogP contribution in [0.4, 0.5) is 0 Å². The van der Waals surface area contributed by atoms with Crippen LogP contribution < -0.4 is 15.2 Å². The van der Waals surface area contributed by atoms with Gasteiger partial charge in [-0.25, -0.2) is 8.42 Å². The van der Waals surface area contributed by atoms with Gasteiger partial charge in [0.15, 0.2) is 11.5 Å². The van der Waals surface area contributed by atoms with Crippen molar-refractivity contribution in [3.8, 4) is 11.5 Å². The summed E-state index contributed by atoms with van der Waals surface area (Å²) in [5.41, 5.74) is 7.67. The quantitative estimate of drug-likeness (QED) is 0.867. The van der Waals surface area contributed by atoms with Crippen molar-refractivity contribution in [1.29, 1.82) is 0 Å². The van der Waals surface area contributed by atoms with E-state index in [1.807, 2.05) is 12.1 Å². The second-order valence-corrected chi connectivity index (χ2v) is 7.33. The highest BCUT2D eigenvalue weighted by atomic mass is 32.2. The van der Waals surface area contributed by atoms with E-state index >= 15 is 0 Å². The van der Waals surface area contributed by atoms with Gasteiger partial charge in [-0.3, -0.25) is 0 Å². The third kappa shape index (κ3) is 3.48. The third-order valence-corrected chi connectivity index (χ3v) is 5.60. The molecule has 21 heavy (non-hydrogen) atoms. The molecule has 1 atom stereocenters. The first kappa shape index (κ1) is 16.1. The van der Waals surface area contributed by atoms with Crippen LogP contribution in [0.5, 0.6) is 11.5 Å². The normalized spacial score (nSPS) is 17.1. The molecule has 0 aromatic heterocycles. The van der Waals surface area contributed by atoms with Crippen molar-refractivity contribution in [2.24, 2.45) is 5.73 Å². The van der Waals surface area contributed by atoms with E-state index in [-0.39, 0.29) is 11.8 Å². The number of benzene rings is 1. The van der Waals surface area contributed by atoms with Gasteiger partial charge in [0, 0.05) is 19.1 Å². The first-order valence-corrected chi connectivity index (χ1v) is 8.45. The summed E-state index contributed by atoms with van der Waals surface area (Å²) >= 11 is 0. The Morgan fingerprint density at radius 3 is 2.33 bits per heavy atom. The Morgan fingerprint density at radius 2 is 1.81 bits per heavy atom. The number of ether oxygens (including phenoxy) is 2. The van der Waals surface area contributed by atoms with Crippen LogP contribution in [-0.4, -0.2) is 45.3 Å². The van der Waals surface area contributed by atoms with Crippen molar-refractivity contribution in [2.75, 3.05) is 26.5 Å². The summed E-state index contributed by atoms with van der Waals surface area (Å²) in [4.78, 5) is 0. The lowest BCUT2D eigenvalue weighted by atomic mass is 10.0. The van der Waals surface area contributed by atoms with Crippen molar-refractivity contribution in [1.82, 2.24) is 4.31 Å². The lowest BCUT2D eigenvalue weighted by molar-refractivity contribution is 0.348. The summed E-state index contributed by atoms with van der Waals surface area (Å²) in [5, 5.41) is 0. The Kier molecular flexibility index (Phi) is 4.75. The molecule has 1 aromatic rings. The molecule has 6 nitrogen and oxygen atoms in total. The van der Waals surface area contributed by atoms with Gasteiger partial charge in [0.2, 0.25) is 10.0 Å². The molecule has 0 radical (unpaired) electrons. The number of sulfonamides is 1. The average Bonchev–Trinajstić information content (AvgIpc) is 2.43. The lowest BCUT2D eigenvalue weighted by Crippen LogP contribution is -2.41. The van der Waals surface area contributed by atoms with Crippen molar-refractivity contribution >= 4 is 10.0 Å². The van der Waals surface area contributed by atoms with Crippen LogP contribution in [0.25, 0.3) is 0 Å². The minimum absolute atomic E-state index is 0.0321. The van der Waals surface area contributed by atoms with Crippen LogP contribution >= 0.6 is 0 Å². The van der Waals surface area contributed by atoms with Crippen LogP contribution in [0.3, 0.4) is 0 Å². The van der Waals surface area contributed by atoms with E-state index in [9.17, 15) is 8.42 Å². The van der Waals surface area contributed by atoms with E-state index in [1.54, 1.807) is 21.1 Å². The minimum Gasteiger partial charge on any atom is -0.493 e. The number of nitrogens with two attached hydrogens (primary N) is 1. The summed E-state index contributed by atoms with van der Waals surface area (Å²) in [5.74, 6) is 1.25. The van der Waals surface area contributed by atoms with Crippen molar-refractivity contribution in [3.05, 3.63) is 23.3 Å². The van der Waals surface area contributed by atoms with Gasteiger partial charge < -0.3 is 15.2 Å². The summed E-state index contributed by atoms with van der Waals surface area (Å²) in [6.45, 7) is 2.52. The summed E-state index contributed by atoms with van der Waals surface area (Å²) in [6, 6.07) is 3.40. The van der Waals surface area contributed by atoms with Gasteiger partial charge in [-0.15, -0.1) is 0 Å². The molecule has 0 aliphatic carbocycles. The molecule has 0 spiro atoms. The first-order valence-electron chi connectivity index (χ1n) is 6.84. The second kappa shape index (κ2) is 6.21. The van der Waals surface area contributed by atoms with Crippen molar-refractivity contribution < 1.29 is 17.9 Å². The molecular weight excluding hydrogens is 292 g/mol. The molecule has 0 fully saturated rings. The highest BCUT2D eigenvalue weighted by Gasteiger charge is 2.28. The van der Waals surface area contributed by atoms with E-state index in [2.05, 4.69) is 0 Å². The minimum atomic E-state index is -3.32. The fourth-order valence-corrected chi connectivity index (χ4v) is 4.11. The highest BCUT2D eigenvalue weighted by Crippen LogP contribution is 2.33.